The molecule has 0 fully saturated rings. The Bertz CT molecular complexity index is 389. The molecule has 0 heterocycles. The molecule has 3 heteroatoms. The van der Waals surface area contributed by atoms with Crippen LogP contribution in [0.5, 0.6) is 0 Å². The summed E-state index contributed by atoms with van der Waals surface area (Å²) < 4.78 is 0. The number of carboxylic acid groups (broad SMARTS) is 1. The van der Waals surface area contributed by atoms with Crippen LogP contribution in [0, 0.1) is 0 Å². The molecule has 0 aliphatic carbocycles. The van der Waals surface area contributed by atoms with Crippen LogP contribution < -0.4 is 0 Å². The number of carboxylic acids is 1. The highest BCUT2D eigenvalue weighted by molar-refractivity contribution is 5.66. The van der Waals surface area contributed by atoms with E-state index >= 15 is 0 Å². The van der Waals surface area contributed by atoms with Gasteiger partial charge in [-0.05, 0) is 51.3 Å². The smallest absolute Gasteiger partial charge is 0.303 e. The van der Waals surface area contributed by atoms with Crippen LogP contribution in [0.3, 0.4) is 0 Å². The zero-order valence-electron chi connectivity index (χ0n) is 12.9. The summed E-state index contributed by atoms with van der Waals surface area (Å²) in [5, 5.41) is 8.71. The Morgan fingerprint density at radius 3 is 2.35 bits per heavy atom. The first-order valence-corrected chi connectivity index (χ1v) is 7.51. The molecular formula is C17H27NO2. The average molecular weight is 277 g/mol. The molecule has 1 N–H and O–H groups in total. The Kier molecular flexibility index (Phi) is 7.31. The first-order chi connectivity index (χ1) is 9.50. The third kappa shape index (κ3) is 6.20. The third-order valence-corrected chi connectivity index (χ3v) is 3.78. The molecule has 0 aromatic heterocycles. The van der Waals surface area contributed by atoms with Gasteiger partial charge in [0, 0.05) is 12.5 Å². The lowest BCUT2D eigenvalue weighted by Crippen LogP contribution is -2.33. The second-order valence-corrected chi connectivity index (χ2v) is 5.73. The van der Waals surface area contributed by atoms with Gasteiger partial charge in [-0.25, -0.2) is 0 Å². The predicted octanol–water partition coefficient (Wildman–Crippen LogP) is 3.76. The van der Waals surface area contributed by atoms with Gasteiger partial charge in [-0.3, -0.25) is 4.79 Å². The van der Waals surface area contributed by atoms with Gasteiger partial charge in [0.1, 0.15) is 0 Å². The number of benzene rings is 1. The summed E-state index contributed by atoms with van der Waals surface area (Å²) >= 11 is 0. The summed E-state index contributed by atoms with van der Waals surface area (Å²) in [6.07, 6.45) is 2.10. The Labute approximate surface area is 122 Å². The monoisotopic (exact) mass is 277 g/mol. The van der Waals surface area contributed by atoms with E-state index in [0.717, 1.165) is 25.9 Å². The lowest BCUT2D eigenvalue weighted by molar-refractivity contribution is -0.137. The predicted molar refractivity (Wildman–Crippen MR) is 83.1 cm³/mol. The Balaban J connectivity index is 2.40. The van der Waals surface area contributed by atoms with Crippen LogP contribution in [0.15, 0.2) is 30.3 Å². The first-order valence-electron chi connectivity index (χ1n) is 7.51. The molecule has 1 aromatic rings. The molecule has 3 nitrogen and oxygen atoms in total. The molecule has 112 valence electrons. The van der Waals surface area contributed by atoms with E-state index in [9.17, 15) is 4.79 Å². The fourth-order valence-corrected chi connectivity index (χ4v) is 2.37. The van der Waals surface area contributed by atoms with Gasteiger partial charge in [0.05, 0.1) is 0 Å². The number of carbonyl (C=O) groups is 1. The maximum absolute atomic E-state index is 10.6. The quantitative estimate of drug-likeness (QED) is 0.747. The van der Waals surface area contributed by atoms with Crippen LogP contribution >= 0.6 is 0 Å². The van der Waals surface area contributed by atoms with Gasteiger partial charge in [-0.15, -0.1) is 0 Å². The number of rotatable bonds is 9. The topological polar surface area (TPSA) is 40.5 Å². The van der Waals surface area contributed by atoms with E-state index in [-0.39, 0.29) is 6.42 Å². The molecule has 1 rings (SSSR count). The van der Waals surface area contributed by atoms with Crippen molar-refractivity contribution in [2.24, 2.45) is 0 Å². The van der Waals surface area contributed by atoms with Gasteiger partial charge in [0.2, 0.25) is 0 Å². The highest BCUT2D eigenvalue weighted by atomic mass is 16.4. The van der Waals surface area contributed by atoms with E-state index in [4.69, 9.17) is 5.11 Å². The second-order valence-electron chi connectivity index (χ2n) is 5.73. The van der Waals surface area contributed by atoms with E-state index in [1.807, 2.05) is 6.07 Å². The molecule has 1 atom stereocenters. The summed E-state index contributed by atoms with van der Waals surface area (Å²) in [4.78, 5) is 13.0. The van der Waals surface area contributed by atoms with Crippen molar-refractivity contribution in [2.75, 3.05) is 13.1 Å². The van der Waals surface area contributed by atoms with Gasteiger partial charge in [0.15, 0.2) is 0 Å². The molecule has 0 saturated carbocycles. The highest BCUT2D eigenvalue weighted by Gasteiger charge is 2.12. The van der Waals surface area contributed by atoms with Crippen molar-refractivity contribution in [3.8, 4) is 0 Å². The van der Waals surface area contributed by atoms with Crippen molar-refractivity contribution in [3.63, 3.8) is 0 Å². The summed E-state index contributed by atoms with van der Waals surface area (Å²) in [6.45, 7) is 8.49. The average Bonchev–Trinajstić information content (AvgIpc) is 2.42. The largest absolute Gasteiger partial charge is 0.481 e. The number of nitrogens with zero attached hydrogens (tertiary/aromatic N) is 1. The van der Waals surface area contributed by atoms with E-state index in [2.05, 4.69) is 49.9 Å². The van der Waals surface area contributed by atoms with E-state index in [0.29, 0.717) is 12.0 Å². The van der Waals surface area contributed by atoms with Crippen LogP contribution in [-0.2, 0) is 4.79 Å². The van der Waals surface area contributed by atoms with Crippen molar-refractivity contribution in [1.29, 1.82) is 0 Å². The minimum absolute atomic E-state index is 0.261. The lowest BCUT2D eigenvalue weighted by Gasteiger charge is -2.27. The fourth-order valence-electron chi connectivity index (χ4n) is 2.37. The summed E-state index contributed by atoms with van der Waals surface area (Å²) in [5.41, 5.74) is 1.38. The Morgan fingerprint density at radius 2 is 1.80 bits per heavy atom. The van der Waals surface area contributed by atoms with Crippen LogP contribution in [0.4, 0.5) is 0 Å². The summed E-state index contributed by atoms with van der Waals surface area (Å²) in [6, 6.07) is 11.0. The van der Waals surface area contributed by atoms with Crippen molar-refractivity contribution >= 4 is 5.97 Å². The van der Waals surface area contributed by atoms with Crippen LogP contribution in [0.2, 0.25) is 0 Å². The van der Waals surface area contributed by atoms with E-state index in [1.54, 1.807) is 0 Å². The standard InChI is InChI=1S/C17H27NO2/c1-14(2)18(12-7-10-17(19)20)13-11-15(3)16-8-5-4-6-9-16/h4-6,8-9,14-15H,7,10-13H2,1-3H3,(H,19,20). The zero-order chi connectivity index (χ0) is 15.0. The Morgan fingerprint density at radius 1 is 1.15 bits per heavy atom. The molecule has 0 bridgehead atoms. The highest BCUT2D eigenvalue weighted by Crippen LogP contribution is 2.19. The minimum atomic E-state index is -0.702. The van der Waals surface area contributed by atoms with E-state index < -0.39 is 5.97 Å². The third-order valence-electron chi connectivity index (χ3n) is 3.78. The molecule has 20 heavy (non-hydrogen) atoms. The van der Waals surface area contributed by atoms with Crippen molar-refractivity contribution in [3.05, 3.63) is 35.9 Å². The molecule has 0 radical (unpaired) electrons. The minimum Gasteiger partial charge on any atom is -0.481 e. The number of hydrogen-bond donors (Lipinski definition) is 1. The number of hydrogen-bond acceptors (Lipinski definition) is 2. The van der Waals surface area contributed by atoms with Gasteiger partial charge < -0.3 is 10.0 Å². The normalized spacial score (nSPS) is 12.8. The first kappa shape index (κ1) is 16.7. The molecule has 0 spiro atoms. The van der Waals surface area contributed by atoms with Crippen molar-refractivity contribution in [2.45, 2.75) is 52.0 Å². The molecule has 0 aliphatic heterocycles. The molecule has 0 amide bonds. The Hall–Kier alpha value is -1.35. The molecule has 0 saturated heterocycles. The zero-order valence-corrected chi connectivity index (χ0v) is 12.9. The van der Waals surface area contributed by atoms with Gasteiger partial charge in [-0.1, -0.05) is 37.3 Å². The van der Waals surface area contributed by atoms with E-state index in [1.165, 1.54) is 5.56 Å². The van der Waals surface area contributed by atoms with Crippen molar-refractivity contribution < 1.29 is 9.90 Å². The number of aliphatic carboxylic acids is 1. The van der Waals surface area contributed by atoms with Gasteiger partial charge >= 0.3 is 5.97 Å². The van der Waals surface area contributed by atoms with Crippen LogP contribution in [0.25, 0.3) is 0 Å². The van der Waals surface area contributed by atoms with Gasteiger partial charge in [0.25, 0.3) is 0 Å². The van der Waals surface area contributed by atoms with Crippen LogP contribution in [0.1, 0.15) is 51.5 Å². The maximum atomic E-state index is 10.6. The molecular weight excluding hydrogens is 250 g/mol. The second kappa shape index (κ2) is 8.75. The summed E-state index contributed by atoms with van der Waals surface area (Å²) in [7, 11) is 0. The van der Waals surface area contributed by atoms with Crippen molar-refractivity contribution in [1.82, 2.24) is 4.90 Å². The molecule has 1 unspecified atom stereocenters. The SMILES string of the molecule is CC(CCN(CCCC(=O)O)C(C)C)c1ccccc1. The van der Waals surface area contributed by atoms with Gasteiger partial charge in [-0.2, -0.15) is 0 Å². The van der Waals surface area contributed by atoms with Crippen LogP contribution in [-0.4, -0.2) is 35.1 Å². The summed E-state index contributed by atoms with van der Waals surface area (Å²) in [5.74, 6) is -0.164. The molecule has 0 aliphatic rings. The fraction of sp³-hybridized carbons (Fsp3) is 0.588. The lowest BCUT2D eigenvalue weighted by atomic mass is 9.97. The molecule has 1 aromatic carbocycles. The maximum Gasteiger partial charge on any atom is 0.303 e.